The van der Waals surface area contributed by atoms with Crippen LogP contribution < -0.4 is 10.0 Å². The Kier molecular flexibility index (Phi) is 4.08. The van der Waals surface area contributed by atoms with E-state index in [-0.39, 0.29) is 10.9 Å². The van der Waals surface area contributed by atoms with Gasteiger partial charge in [0.15, 0.2) is 0 Å². The molecule has 0 saturated heterocycles. The first kappa shape index (κ1) is 16.9. The van der Waals surface area contributed by atoms with Crippen LogP contribution in [0.15, 0.2) is 53.7 Å². The predicted octanol–water partition coefficient (Wildman–Crippen LogP) is 2.25. The highest BCUT2D eigenvalue weighted by Gasteiger charge is 2.37. The zero-order valence-electron chi connectivity index (χ0n) is 14.0. The van der Waals surface area contributed by atoms with E-state index in [9.17, 15) is 13.5 Å². The fourth-order valence-electron chi connectivity index (χ4n) is 3.60. The number of pyridine rings is 1. The molecular weight excluding hydrogens is 352 g/mol. The normalized spacial score (nSPS) is 20.5. The number of aromatic amines is 1. The van der Waals surface area contributed by atoms with E-state index in [4.69, 9.17) is 5.73 Å². The molecule has 7 nitrogen and oxygen atoms in total. The topological polar surface area (TPSA) is 112 Å². The number of nitrogen functional groups attached to an aromatic ring is 1. The molecule has 4 N–H and O–H groups in total. The highest BCUT2D eigenvalue weighted by molar-refractivity contribution is 7.92. The molecule has 2 aromatic heterocycles. The molecule has 1 aliphatic rings. The summed E-state index contributed by atoms with van der Waals surface area (Å²) in [4.78, 5) is 7.40. The lowest BCUT2D eigenvalue weighted by Gasteiger charge is -2.31. The van der Waals surface area contributed by atoms with Crippen molar-refractivity contribution in [1.82, 2.24) is 9.97 Å². The molecule has 2 heterocycles. The maximum Gasteiger partial charge on any atom is 0.264 e. The van der Waals surface area contributed by atoms with Gasteiger partial charge in [0.2, 0.25) is 0 Å². The number of sulfonamides is 1. The molecule has 26 heavy (non-hydrogen) atoms. The number of nitrogens with one attached hydrogen (secondary N) is 1. The van der Waals surface area contributed by atoms with Crippen molar-refractivity contribution in [1.29, 1.82) is 0 Å². The molecule has 1 aromatic carbocycles. The predicted molar refractivity (Wildman–Crippen MR) is 100 cm³/mol. The standard InChI is InChI=1S/C18H20N4O3S/c19-12-2-1-3-15(10-12)26(24,25)22(13-4-5-14(23)11-13)17-7-9-21-18-16(17)6-8-20-18/h1-3,6-10,13-14,23H,4-5,11,19H2,(H,20,21). The molecule has 1 saturated carbocycles. The van der Waals surface area contributed by atoms with E-state index >= 15 is 0 Å². The highest BCUT2D eigenvalue weighted by atomic mass is 32.2. The van der Waals surface area contributed by atoms with Crippen molar-refractivity contribution in [2.75, 3.05) is 10.0 Å². The third-order valence-corrected chi connectivity index (χ3v) is 6.66. The number of nitrogens with two attached hydrogens (primary N) is 1. The zero-order chi connectivity index (χ0) is 18.3. The third kappa shape index (κ3) is 2.81. The average Bonchev–Trinajstić information content (AvgIpc) is 3.24. The van der Waals surface area contributed by atoms with E-state index in [0.29, 0.717) is 36.3 Å². The van der Waals surface area contributed by atoms with Crippen molar-refractivity contribution >= 4 is 32.4 Å². The lowest BCUT2D eigenvalue weighted by Crippen LogP contribution is -2.39. The van der Waals surface area contributed by atoms with Crippen molar-refractivity contribution in [3.05, 3.63) is 48.8 Å². The molecule has 2 unspecified atom stereocenters. The Balaban J connectivity index is 1.90. The van der Waals surface area contributed by atoms with E-state index in [0.717, 1.165) is 5.39 Å². The van der Waals surface area contributed by atoms with Gasteiger partial charge in [-0.2, -0.15) is 0 Å². The quantitative estimate of drug-likeness (QED) is 0.608. The van der Waals surface area contributed by atoms with E-state index in [1.807, 2.05) is 6.07 Å². The van der Waals surface area contributed by atoms with Crippen LogP contribution >= 0.6 is 0 Å². The minimum absolute atomic E-state index is 0.138. The number of aliphatic hydroxyl groups excluding tert-OH is 1. The SMILES string of the molecule is Nc1cccc(S(=O)(=O)N(c2ccnc3[nH]ccc23)C2CCC(O)C2)c1. The number of fused-ring (bicyclic) bond motifs is 1. The van der Waals surface area contributed by atoms with Crippen LogP contribution in [0.5, 0.6) is 0 Å². The fourth-order valence-corrected chi connectivity index (χ4v) is 5.36. The van der Waals surface area contributed by atoms with Crippen molar-refractivity contribution in [2.45, 2.75) is 36.3 Å². The van der Waals surface area contributed by atoms with E-state index in [2.05, 4.69) is 9.97 Å². The lowest BCUT2D eigenvalue weighted by molar-refractivity contribution is 0.181. The molecule has 0 bridgehead atoms. The second-order valence-electron chi connectivity index (χ2n) is 6.56. The molecule has 1 aliphatic carbocycles. The number of aliphatic hydroxyl groups is 1. The minimum atomic E-state index is -3.85. The number of rotatable bonds is 4. The number of aromatic nitrogens is 2. The Morgan fingerprint density at radius 2 is 2.08 bits per heavy atom. The number of nitrogens with zero attached hydrogens (tertiary/aromatic N) is 2. The van der Waals surface area contributed by atoms with Crippen LogP contribution in [0, 0.1) is 0 Å². The Bertz CT molecular complexity index is 1050. The monoisotopic (exact) mass is 372 g/mol. The summed E-state index contributed by atoms with van der Waals surface area (Å²) < 4.78 is 28.4. The van der Waals surface area contributed by atoms with Crippen molar-refractivity contribution in [2.24, 2.45) is 0 Å². The van der Waals surface area contributed by atoms with Crippen LogP contribution in [0.2, 0.25) is 0 Å². The largest absolute Gasteiger partial charge is 0.399 e. The summed E-state index contributed by atoms with van der Waals surface area (Å²) in [5, 5.41) is 10.7. The maximum absolute atomic E-state index is 13.5. The van der Waals surface area contributed by atoms with Crippen molar-refractivity contribution in [3.8, 4) is 0 Å². The van der Waals surface area contributed by atoms with Gasteiger partial charge in [0.25, 0.3) is 10.0 Å². The molecular formula is C18H20N4O3S. The maximum atomic E-state index is 13.5. The summed E-state index contributed by atoms with van der Waals surface area (Å²) in [6, 6.07) is 9.47. The second kappa shape index (κ2) is 6.30. The summed E-state index contributed by atoms with van der Waals surface area (Å²) in [7, 11) is -3.85. The fraction of sp³-hybridized carbons (Fsp3) is 0.278. The molecule has 3 aromatic rings. The van der Waals surface area contributed by atoms with E-state index in [1.165, 1.54) is 10.4 Å². The van der Waals surface area contributed by atoms with Crippen LogP contribution in [0.1, 0.15) is 19.3 Å². The summed E-state index contributed by atoms with van der Waals surface area (Å²) in [6.45, 7) is 0. The van der Waals surface area contributed by atoms with Gasteiger partial charge in [-0.25, -0.2) is 13.4 Å². The molecule has 2 atom stereocenters. The first-order valence-electron chi connectivity index (χ1n) is 8.47. The van der Waals surface area contributed by atoms with Gasteiger partial charge < -0.3 is 15.8 Å². The van der Waals surface area contributed by atoms with Crippen LogP contribution in [-0.2, 0) is 10.0 Å². The van der Waals surface area contributed by atoms with Crippen LogP contribution in [-0.4, -0.2) is 35.6 Å². The lowest BCUT2D eigenvalue weighted by atomic mass is 10.2. The van der Waals surface area contributed by atoms with E-state index < -0.39 is 16.1 Å². The van der Waals surface area contributed by atoms with Crippen molar-refractivity contribution in [3.63, 3.8) is 0 Å². The van der Waals surface area contributed by atoms with Crippen LogP contribution in [0.4, 0.5) is 11.4 Å². The molecule has 0 aliphatic heterocycles. The molecule has 0 radical (unpaired) electrons. The number of hydrogen-bond acceptors (Lipinski definition) is 5. The summed E-state index contributed by atoms with van der Waals surface area (Å²) >= 11 is 0. The first-order valence-corrected chi connectivity index (χ1v) is 9.91. The van der Waals surface area contributed by atoms with Gasteiger partial charge in [0, 0.05) is 29.5 Å². The summed E-state index contributed by atoms with van der Waals surface area (Å²) in [5.41, 5.74) is 7.37. The van der Waals surface area contributed by atoms with Crippen LogP contribution in [0.25, 0.3) is 11.0 Å². The van der Waals surface area contributed by atoms with Gasteiger partial charge in [-0.1, -0.05) is 6.07 Å². The highest BCUT2D eigenvalue weighted by Crippen LogP contribution is 2.37. The molecule has 0 amide bonds. The summed E-state index contributed by atoms with van der Waals surface area (Å²) in [6.07, 6.45) is 4.39. The van der Waals surface area contributed by atoms with E-state index in [1.54, 1.807) is 36.7 Å². The number of H-pyrrole nitrogens is 1. The smallest absolute Gasteiger partial charge is 0.264 e. The Hall–Kier alpha value is -2.58. The minimum Gasteiger partial charge on any atom is -0.399 e. The van der Waals surface area contributed by atoms with Crippen molar-refractivity contribution < 1.29 is 13.5 Å². The Morgan fingerprint density at radius 3 is 2.81 bits per heavy atom. The molecule has 136 valence electrons. The Labute approximate surface area is 151 Å². The third-order valence-electron chi connectivity index (χ3n) is 4.80. The molecule has 8 heteroatoms. The second-order valence-corrected chi connectivity index (χ2v) is 8.38. The molecule has 4 rings (SSSR count). The number of anilines is 2. The number of benzene rings is 1. The Morgan fingerprint density at radius 1 is 1.23 bits per heavy atom. The van der Waals surface area contributed by atoms with Gasteiger partial charge in [-0.15, -0.1) is 0 Å². The average molecular weight is 372 g/mol. The van der Waals surface area contributed by atoms with Gasteiger partial charge in [-0.05, 0) is 49.6 Å². The van der Waals surface area contributed by atoms with Gasteiger partial charge in [0.1, 0.15) is 5.65 Å². The first-order chi connectivity index (χ1) is 12.5. The van der Waals surface area contributed by atoms with Crippen LogP contribution in [0.3, 0.4) is 0 Å². The van der Waals surface area contributed by atoms with Gasteiger partial charge in [0.05, 0.1) is 16.7 Å². The van der Waals surface area contributed by atoms with Gasteiger partial charge >= 0.3 is 0 Å². The number of hydrogen-bond donors (Lipinski definition) is 3. The summed E-state index contributed by atoms with van der Waals surface area (Å²) in [5.74, 6) is 0. The van der Waals surface area contributed by atoms with Gasteiger partial charge in [-0.3, -0.25) is 4.31 Å². The molecule has 0 spiro atoms. The zero-order valence-corrected chi connectivity index (χ0v) is 14.9. The molecule has 1 fully saturated rings.